The number of hydrogen-bond acceptors (Lipinski definition) is 4. The van der Waals surface area contributed by atoms with Gasteiger partial charge < -0.3 is 0 Å². The van der Waals surface area contributed by atoms with Gasteiger partial charge in [-0.05, 0) is 19.1 Å². The lowest BCUT2D eigenvalue weighted by atomic mass is 10.2. The van der Waals surface area contributed by atoms with Crippen LogP contribution in [0.4, 0.5) is 0 Å². The first kappa shape index (κ1) is 7.79. The van der Waals surface area contributed by atoms with Crippen LogP contribution < -0.4 is 0 Å². The molecule has 0 amide bonds. The standard InChI is InChI=1S/C7H10N4S/c1-6-7(2-3-12-6)10-11-4-8-9-5-11/h4-6H,2-3H2,1H3/b10-7-. The van der Waals surface area contributed by atoms with Crippen molar-refractivity contribution in [3.8, 4) is 0 Å². The number of nitrogens with zero attached hydrogens (tertiary/aromatic N) is 4. The molecule has 2 rings (SSSR count). The summed E-state index contributed by atoms with van der Waals surface area (Å²) in [6.07, 6.45) is 4.31. The molecule has 1 fully saturated rings. The van der Waals surface area contributed by atoms with E-state index in [1.54, 1.807) is 17.3 Å². The van der Waals surface area contributed by atoms with Crippen molar-refractivity contribution in [3.63, 3.8) is 0 Å². The maximum atomic E-state index is 4.39. The highest BCUT2D eigenvalue weighted by molar-refractivity contribution is 8.01. The van der Waals surface area contributed by atoms with Crippen molar-refractivity contribution in [1.29, 1.82) is 0 Å². The van der Waals surface area contributed by atoms with Crippen LogP contribution in [0.15, 0.2) is 17.8 Å². The van der Waals surface area contributed by atoms with Gasteiger partial charge in [-0.1, -0.05) is 0 Å². The lowest BCUT2D eigenvalue weighted by Crippen LogP contribution is -2.07. The molecular weight excluding hydrogens is 172 g/mol. The van der Waals surface area contributed by atoms with Gasteiger partial charge in [0.05, 0.1) is 5.71 Å². The molecule has 1 aromatic rings. The molecule has 12 heavy (non-hydrogen) atoms. The van der Waals surface area contributed by atoms with Gasteiger partial charge in [0.25, 0.3) is 0 Å². The van der Waals surface area contributed by atoms with Gasteiger partial charge in [0.15, 0.2) is 0 Å². The molecule has 2 heterocycles. The van der Waals surface area contributed by atoms with Crippen molar-refractivity contribution in [1.82, 2.24) is 14.9 Å². The lowest BCUT2D eigenvalue weighted by Gasteiger charge is -2.00. The normalized spacial score (nSPS) is 26.8. The van der Waals surface area contributed by atoms with Crippen molar-refractivity contribution in [3.05, 3.63) is 12.7 Å². The first-order chi connectivity index (χ1) is 5.86. The smallest absolute Gasteiger partial charge is 0.141 e. The largest absolute Gasteiger partial charge is 0.208 e. The molecule has 1 atom stereocenters. The van der Waals surface area contributed by atoms with Crippen molar-refractivity contribution in [2.24, 2.45) is 5.10 Å². The summed E-state index contributed by atoms with van der Waals surface area (Å²) in [5, 5.41) is 12.3. The summed E-state index contributed by atoms with van der Waals surface area (Å²) < 4.78 is 1.66. The summed E-state index contributed by atoms with van der Waals surface area (Å²) in [5.41, 5.74) is 1.24. The molecule has 1 aliphatic rings. The minimum absolute atomic E-state index is 0.549. The highest BCUT2D eigenvalue weighted by Crippen LogP contribution is 2.23. The third-order valence-electron chi connectivity index (χ3n) is 1.85. The van der Waals surface area contributed by atoms with E-state index in [0.717, 1.165) is 6.42 Å². The average Bonchev–Trinajstić information content (AvgIpc) is 2.65. The van der Waals surface area contributed by atoms with Crippen LogP contribution in [0.3, 0.4) is 0 Å². The summed E-state index contributed by atoms with van der Waals surface area (Å²) in [5.74, 6) is 1.18. The Hall–Kier alpha value is -0.840. The van der Waals surface area contributed by atoms with E-state index in [1.165, 1.54) is 11.5 Å². The highest BCUT2D eigenvalue weighted by Gasteiger charge is 2.18. The van der Waals surface area contributed by atoms with Gasteiger partial charge in [0.1, 0.15) is 12.7 Å². The summed E-state index contributed by atoms with van der Waals surface area (Å²) in [7, 11) is 0. The van der Waals surface area contributed by atoms with Crippen molar-refractivity contribution < 1.29 is 0 Å². The molecule has 1 saturated heterocycles. The zero-order chi connectivity index (χ0) is 8.39. The highest BCUT2D eigenvalue weighted by atomic mass is 32.2. The minimum atomic E-state index is 0.549. The molecule has 0 saturated carbocycles. The van der Waals surface area contributed by atoms with Crippen molar-refractivity contribution >= 4 is 17.5 Å². The van der Waals surface area contributed by atoms with Crippen LogP contribution in [0.2, 0.25) is 0 Å². The Balaban J connectivity index is 2.18. The first-order valence-electron chi connectivity index (χ1n) is 3.90. The third kappa shape index (κ3) is 1.50. The van der Waals surface area contributed by atoms with Gasteiger partial charge in [0, 0.05) is 5.25 Å². The Kier molecular flexibility index (Phi) is 2.12. The Morgan fingerprint density at radius 1 is 1.58 bits per heavy atom. The zero-order valence-electron chi connectivity index (χ0n) is 6.84. The van der Waals surface area contributed by atoms with E-state index in [-0.39, 0.29) is 0 Å². The summed E-state index contributed by atoms with van der Waals surface area (Å²) >= 11 is 1.94. The Morgan fingerprint density at radius 3 is 2.92 bits per heavy atom. The van der Waals surface area contributed by atoms with Crippen LogP contribution in [0.5, 0.6) is 0 Å². The number of aromatic nitrogens is 3. The molecule has 1 unspecified atom stereocenters. The van der Waals surface area contributed by atoms with E-state index >= 15 is 0 Å². The number of rotatable bonds is 1. The van der Waals surface area contributed by atoms with Crippen LogP contribution in [0, 0.1) is 0 Å². The average molecular weight is 182 g/mol. The molecule has 64 valence electrons. The predicted octanol–water partition coefficient (Wildman–Crippen LogP) is 1.01. The second kappa shape index (κ2) is 3.26. The van der Waals surface area contributed by atoms with Gasteiger partial charge in [-0.15, -0.1) is 10.2 Å². The van der Waals surface area contributed by atoms with Gasteiger partial charge in [-0.3, -0.25) is 0 Å². The van der Waals surface area contributed by atoms with Crippen molar-refractivity contribution in [2.75, 3.05) is 5.75 Å². The summed E-state index contributed by atoms with van der Waals surface area (Å²) in [4.78, 5) is 0. The van der Waals surface area contributed by atoms with Crippen molar-refractivity contribution in [2.45, 2.75) is 18.6 Å². The van der Waals surface area contributed by atoms with E-state index in [0.29, 0.717) is 5.25 Å². The molecule has 0 radical (unpaired) electrons. The van der Waals surface area contributed by atoms with Gasteiger partial charge >= 0.3 is 0 Å². The van der Waals surface area contributed by atoms with Crippen LogP contribution in [-0.4, -0.2) is 31.6 Å². The number of hydrogen-bond donors (Lipinski definition) is 0. The molecule has 0 aromatic carbocycles. The molecular formula is C7H10N4S. The molecule has 0 N–H and O–H groups in total. The van der Waals surface area contributed by atoms with Gasteiger partial charge in [-0.2, -0.15) is 16.9 Å². The molecule has 0 spiro atoms. The van der Waals surface area contributed by atoms with Gasteiger partial charge in [-0.25, -0.2) is 4.68 Å². The molecule has 4 nitrogen and oxygen atoms in total. The van der Waals surface area contributed by atoms with Crippen LogP contribution in [-0.2, 0) is 0 Å². The third-order valence-corrected chi connectivity index (χ3v) is 3.06. The molecule has 0 aliphatic carbocycles. The number of thioether (sulfide) groups is 1. The molecule has 0 bridgehead atoms. The molecule has 1 aliphatic heterocycles. The zero-order valence-corrected chi connectivity index (χ0v) is 7.66. The minimum Gasteiger partial charge on any atom is -0.208 e. The molecule has 5 heteroatoms. The Bertz CT molecular complexity index is 280. The van der Waals surface area contributed by atoms with E-state index in [1.807, 2.05) is 11.8 Å². The first-order valence-corrected chi connectivity index (χ1v) is 4.95. The second-order valence-corrected chi connectivity index (χ2v) is 4.14. The van der Waals surface area contributed by atoms with E-state index in [4.69, 9.17) is 0 Å². The predicted molar refractivity (Wildman–Crippen MR) is 49.4 cm³/mol. The summed E-state index contributed by atoms with van der Waals surface area (Å²) in [6.45, 7) is 2.18. The SMILES string of the molecule is CC1SCC/C1=N/n1cnnc1. The fourth-order valence-electron chi connectivity index (χ4n) is 1.17. The quantitative estimate of drug-likeness (QED) is 0.651. The summed E-state index contributed by atoms with van der Waals surface area (Å²) in [6, 6.07) is 0. The van der Waals surface area contributed by atoms with Crippen LogP contribution in [0.1, 0.15) is 13.3 Å². The molecule has 1 aromatic heterocycles. The second-order valence-electron chi connectivity index (χ2n) is 2.70. The van der Waals surface area contributed by atoms with E-state index in [9.17, 15) is 0 Å². The topological polar surface area (TPSA) is 43.1 Å². The maximum Gasteiger partial charge on any atom is 0.141 e. The fourth-order valence-corrected chi connectivity index (χ4v) is 2.20. The monoisotopic (exact) mass is 182 g/mol. The van der Waals surface area contributed by atoms with Gasteiger partial charge in [0.2, 0.25) is 0 Å². The maximum absolute atomic E-state index is 4.39. The Morgan fingerprint density at radius 2 is 2.33 bits per heavy atom. The van der Waals surface area contributed by atoms with Crippen LogP contribution >= 0.6 is 11.8 Å². The van der Waals surface area contributed by atoms with E-state index < -0.39 is 0 Å². The lowest BCUT2D eigenvalue weighted by molar-refractivity contribution is 0.859. The van der Waals surface area contributed by atoms with E-state index in [2.05, 4.69) is 22.2 Å². The fraction of sp³-hybridized carbons (Fsp3) is 0.571. The van der Waals surface area contributed by atoms with Crippen LogP contribution in [0.25, 0.3) is 0 Å². The Labute approximate surface area is 75.1 Å².